The molecule has 0 bridgehead atoms. The third kappa shape index (κ3) is 3.23. The van der Waals surface area contributed by atoms with Crippen LogP contribution in [0, 0.1) is 5.92 Å². The monoisotopic (exact) mass is 379 g/mol. The largest absolute Gasteiger partial charge is 0.378 e. The van der Waals surface area contributed by atoms with E-state index in [1.807, 2.05) is 37.4 Å². The fraction of sp³-hybridized carbons (Fsp3) is 0.542. The Bertz CT molecular complexity index is 877. The first-order chi connectivity index (χ1) is 13.7. The van der Waals surface area contributed by atoms with Crippen molar-refractivity contribution in [3.05, 3.63) is 48.0 Å². The maximum absolute atomic E-state index is 13.4. The molecule has 2 aromatic carbocycles. The van der Waals surface area contributed by atoms with E-state index < -0.39 is 0 Å². The Morgan fingerprint density at radius 1 is 1.11 bits per heavy atom. The molecule has 1 heterocycles. The molecule has 2 aliphatic carbocycles. The van der Waals surface area contributed by atoms with E-state index in [4.69, 9.17) is 9.47 Å². The molecule has 4 nitrogen and oxygen atoms in total. The van der Waals surface area contributed by atoms with Crippen LogP contribution in [0.3, 0.4) is 0 Å². The van der Waals surface area contributed by atoms with E-state index in [2.05, 4.69) is 17.0 Å². The van der Waals surface area contributed by atoms with Gasteiger partial charge in [-0.25, -0.2) is 0 Å². The third-order valence-corrected chi connectivity index (χ3v) is 7.06. The highest BCUT2D eigenvalue weighted by atomic mass is 16.5. The van der Waals surface area contributed by atoms with Crippen LogP contribution in [0.1, 0.15) is 48.9 Å². The third-order valence-electron chi connectivity index (χ3n) is 7.06. The van der Waals surface area contributed by atoms with Crippen LogP contribution in [0.4, 0.5) is 0 Å². The van der Waals surface area contributed by atoms with Gasteiger partial charge in [0.05, 0.1) is 17.7 Å². The van der Waals surface area contributed by atoms with Crippen LogP contribution in [0.25, 0.3) is 10.8 Å². The summed E-state index contributed by atoms with van der Waals surface area (Å²) in [7, 11) is 1.81. The molecular formula is C24H29NO3. The van der Waals surface area contributed by atoms with Crippen LogP contribution in [-0.2, 0) is 9.47 Å². The Balaban J connectivity index is 1.37. The van der Waals surface area contributed by atoms with Crippen LogP contribution in [0.15, 0.2) is 42.5 Å². The number of benzene rings is 2. The molecule has 0 spiro atoms. The highest BCUT2D eigenvalue weighted by Gasteiger charge is 2.52. The van der Waals surface area contributed by atoms with Crippen LogP contribution < -0.4 is 0 Å². The van der Waals surface area contributed by atoms with Gasteiger partial charge in [-0.2, -0.15) is 0 Å². The molecular weight excluding hydrogens is 350 g/mol. The summed E-state index contributed by atoms with van der Waals surface area (Å²) in [6.45, 7) is 1.65. The zero-order valence-electron chi connectivity index (χ0n) is 16.6. The number of fused-ring (bicyclic) bond motifs is 2. The number of methoxy groups -OCH3 is 1. The molecule has 0 radical (unpaired) electrons. The maximum Gasteiger partial charge on any atom is 0.254 e. The second-order valence-corrected chi connectivity index (χ2v) is 8.77. The molecule has 0 aromatic heterocycles. The number of carbonyl (C=O) groups excluding carboxylic acids is 1. The van der Waals surface area contributed by atoms with E-state index in [0.717, 1.165) is 61.1 Å². The van der Waals surface area contributed by atoms with Gasteiger partial charge in [0, 0.05) is 25.8 Å². The average Bonchev–Trinajstić information content (AvgIpc) is 3.50. The number of nitrogens with zero attached hydrogens (tertiary/aromatic N) is 1. The van der Waals surface area contributed by atoms with Gasteiger partial charge in [0.25, 0.3) is 5.91 Å². The SMILES string of the molecule is CO[C@@]12CC[C@@H](OCC3CC3)C[C@@H]1N(C(=O)c1ccc3ccccc3c1)CC2. The van der Waals surface area contributed by atoms with Gasteiger partial charge in [0.15, 0.2) is 0 Å². The highest BCUT2D eigenvalue weighted by Crippen LogP contribution is 2.44. The second-order valence-electron chi connectivity index (χ2n) is 8.77. The Morgan fingerprint density at radius 2 is 1.93 bits per heavy atom. The molecule has 148 valence electrons. The number of hydrogen-bond acceptors (Lipinski definition) is 3. The number of hydrogen-bond donors (Lipinski definition) is 0. The van der Waals surface area contributed by atoms with E-state index in [0.29, 0.717) is 0 Å². The van der Waals surface area contributed by atoms with Gasteiger partial charge in [0.2, 0.25) is 0 Å². The Labute approximate surface area is 166 Å². The quantitative estimate of drug-likeness (QED) is 0.772. The Hall–Kier alpha value is -1.91. The number of likely N-dealkylation sites (tertiary alicyclic amines) is 1. The number of carbonyl (C=O) groups is 1. The van der Waals surface area contributed by atoms with Gasteiger partial charge in [-0.1, -0.05) is 30.3 Å². The summed E-state index contributed by atoms with van der Waals surface area (Å²) in [6, 6.07) is 14.3. The first kappa shape index (κ1) is 18.1. The zero-order valence-corrected chi connectivity index (χ0v) is 16.6. The summed E-state index contributed by atoms with van der Waals surface area (Å²) in [5.74, 6) is 0.894. The molecule has 1 saturated heterocycles. The molecule has 2 saturated carbocycles. The lowest BCUT2D eigenvalue weighted by molar-refractivity contribution is -0.0977. The van der Waals surface area contributed by atoms with Gasteiger partial charge in [0.1, 0.15) is 0 Å². The van der Waals surface area contributed by atoms with Crippen molar-refractivity contribution < 1.29 is 14.3 Å². The van der Waals surface area contributed by atoms with Crippen molar-refractivity contribution >= 4 is 16.7 Å². The number of rotatable bonds is 5. The second kappa shape index (κ2) is 7.16. The minimum absolute atomic E-state index is 0.106. The molecule has 5 rings (SSSR count). The van der Waals surface area contributed by atoms with Crippen LogP contribution >= 0.6 is 0 Å². The fourth-order valence-electron chi connectivity index (χ4n) is 5.10. The van der Waals surface area contributed by atoms with Gasteiger partial charge >= 0.3 is 0 Å². The van der Waals surface area contributed by atoms with E-state index in [1.54, 1.807) is 0 Å². The van der Waals surface area contributed by atoms with Crippen LogP contribution in [0.5, 0.6) is 0 Å². The minimum Gasteiger partial charge on any atom is -0.378 e. The zero-order chi connectivity index (χ0) is 19.1. The molecule has 3 atom stereocenters. The normalized spacial score (nSPS) is 29.8. The van der Waals surface area contributed by atoms with Crippen LogP contribution in [0.2, 0.25) is 0 Å². The topological polar surface area (TPSA) is 38.8 Å². The number of amides is 1. The van der Waals surface area contributed by atoms with E-state index in [-0.39, 0.29) is 23.7 Å². The van der Waals surface area contributed by atoms with Gasteiger partial charge in [-0.05, 0) is 67.3 Å². The van der Waals surface area contributed by atoms with Crippen molar-refractivity contribution in [1.29, 1.82) is 0 Å². The van der Waals surface area contributed by atoms with E-state index in [9.17, 15) is 4.79 Å². The molecule has 3 fully saturated rings. The summed E-state index contributed by atoms with van der Waals surface area (Å²) in [5.41, 5.74) is 0.568. The molecule has 0 N–H and O–H groups in total. The molecule has 2 aromatic rings. The van der Waals surface area contributed by atoms with E-state index in [1.165, 1.54) is 12.8 Å². The first-order valence-electron chi connectivity index (χ1n) is 10.6. The molecule has 1 aliphatic heterocycles. The predicted molar refractivity (Wildman–Crippen MR) is 109 cm³/mol. The summed E-state index contributed by atoms with van der Waals surface area (Å²) < 4.78 is 12.2. The van der Waals surface area contributed by atoms with Gasteiger partial charge in [-0.3, -0.25) is 4.79 Å². The summed E-state index contributed by atoms with van der Waals surface area (Å²) in [4.78, 5) is 15.5. The molecule has 0 unspecified atom stereocenters. The fourth-order valence-corrected chi connectivity index (χ4v) is 5.10. The van der Waals surface area contributed by atoms with Crippen molar-refractivity contribution in [2.45, 2.75) is 56.3 Å². The van der Waals surface area contributed by atoms with E-state index >= 15 is 0 Å². The smallest absolute Gasteiger partial charge is 0.254 e. The van der Waals surface area contributed by atoms with Crippen molar-refractivity contribution in [2.75, 3.05) is 20.3 Å². The molecule has 1 amide bonds. The lowest BCUT2D eigenvalue weighted by atomic mass is 9.79. The summed E-state index contributed by atoms with van der Waals surface area (Å²) in [5, 5.41) is 2.28. The standard InChI is InChI=1S/C24H29NO3/c1-27-24-11-10-21(28-16-17-6-7-17)15-22(24)25(13-12-24)23(26)20-9-8-18-4-2-3-5-19(18)14-20/h2-5,8-9,14,17,21-22H,6-7,10-13,15-16H2,1H3/t21-,22+,24-/m1/s1. The molecule has 28 heavy (non-hydrogen) atoms. The van der Waals surface area contributed by atoms with Crippen molar-refractivity contribution in [3.63, 3.8) is 0 Å². The lowest BCUT2D eigenvalue weighted by Crippen LogP contribution is -2.53. The molecule has 4 heteroatoms. The predicted octanol–water partition coefficient (Wildman–Crippen LogP) is 4.42. The van der Waals surface area contributed by atoms with Gasteiger partial charge < -0.3 is 14.4 Å². The summed E-state index contributed by atoms with van der Waals surface area (Å²) >= 11 is 0. The van der Waals surface area contributed by atoms with Crippen molar-refractivity contribution in [1.82, 2.24) is 4.90 Å². The highest BCUT2D eigenvalue weighted by molar-refractivity contribution is 5.99. The first-order valence-corrected chi connectivity index (χ1v) is 10.6. The lowest BCUT2D eigenvalue weighted by Gasteiger charge is -2.43. The Kier molecular flexibility index (Phi) is 4.64. The maximum atomic E-state index is 13.4. The van der Waals surface area contributed by atoms with Crippen LogP contribution in [-0.4, -0.2) is 48.8 Å². The summed E-state index contributed by atoms with van der Waals surface area (Å²) in [6.07, 6.45) is 6.69. The van der Waals surface area contributed by atoms with Crippen molar-refractivity contribution in [3.8, 4) is 0 Å². The number of ether oxygens (including phenoxy) is 2. The average molecular weight is 380 g/mol. The molecule has 3 aliphatic rings. The minimum atomic E-state index is -0.202. The van der Waals surface area contributed by atoms with Gasteiger partial charge in [-0.15, -0.1) is 0 Å². The van der Waals surface area contributed by atoms with Crippen molar-refractivity contribution in [2.24, 2.45) is 5.92 Å². The Morgan fingerprint density at radius 3 is 2.71 bits per heavy atom.